The molecule has 4 aliphatic carbocycles. The van der Waals surface area contributed by atoms with Gasteiger partial charge in [-0.3, -0.25) is 4.79 Å². The smallest absolute Gasteiger partial charge is 0.307 e. The predicted octanol–water partition coefficient (Wildman–Crippen LogP) is 7.09. The fourth-order valence-electron chi connectivity index (χ4n) is 11.8. The molecule has 246 valence electrons. The summed E-state index contributed by atoms with van der Waals surface area (Å²) in [6.07, 6.45) is 8.27. The zero-order valence-electron chi connectivity index (χ0n) is 28.3. The van der Waals surface area contributed by atoms with E-state index in [1.807, 2.05) is 12.5 Å². The molecule has 3 N–H and O–H groups in total. The quantitative estimate of drug-likeness (QED) is 0.296. The number of aromatic nitrogens is 1. The van der Waals surface area contributed by atoms with E-state index in [-0.39, 0.29) is 45.2 Å². The maximum atomic E-state index is 13.3. The summed E-state index contributed by atoms with van der Waals surface area (Å²) in [5.74, 6) is 0.563. The number of hydrogen-bond acceptors (Lipinski definition) is 7. The van der Waals surface area contributed by atoms with Crippen molar-refractivity contribution in [3.05, 3.63) is 27.7 Å². The number of aliphatic carboxylic acids is 1. The van der Waals surface area contributed by atoms with Crippen molar-refractivity contribution >= 4 is 17.3 Å². The van der Waals surface area contributed by atoms with Crippen LogP contribution in [-0.4, -0.2) is 48.6 Å². The highest BCUT2D eigenvalue weighted by molar-refractivity contribution is 7.09. The standard InChI is InChI=1S/C36H56N2O5S/c1-21(2)22(3)32(4)13-14-34(6)24-9-10-27-33(5)19-42-20-36(27,25(24)11-12-35(34,7)29(32)31(39)40)15-26(41-8)30(33)43-17-23-18-44-28(16-37)38-23/h11,18,21-22,24,26-27,29-30H,9-10,12-17,19-20,37H2,1-8H3,(H,39,40)/t22-,24+,26-,27+,29-,30+,32-,33-,34-,35+,36+/m1/s1. The first-order chi connectivity index (χ1) is 20.7. The second-order valence-corrected chi connectivity index (χ2v) is 17.4. The second kappa shape index (κ2) is 11.1. The Labute approximate surface area is 268 Å². The van der Waals surface area contributed by atoms with Gasteiger partial charge in [-0.25, -0.2) is 4.98 Å². The molecule has 0 spiro atoms. The van der Waals surface area contributed by atoms with Crippen molar-refractivity contribution in [2.24, 2.45) is 62.4 Å². The number of carboxylic acids is 1. The van der Waals surface area contributed by atoms with Crippen LogP contribution in [0.4, 0.5) is 0 Å². The molecule has 0 unspecified atom stereocenters. The molecule has 1 aromatic rings. The van der Waals surface area contributed by atoms with Gasteiger partial charge in [0.05, 0.1) is 43.6 Å². The molecule has 6 rings (SSSR count). The van der Waals surface area contributed by atoms with E-state index in [4.69, 9.17) is 19.9 Å². The molecule has 2 heterocycles. The molecule has 11 atom stereocenters. The number of carboxylic acid groups (broad SMARTS) is 1. The molecule has 0 amide bonds. The third-order valence-electron chi connectivity index (χ3n) is 14.6. The van der Waals surface area contributed by atoms with Gasteiger partial charge in [0.15, 0.2) is 0 Å². The Kier molecular flexibility index (Phi) is 8.26. The Morgan fingerprint density at radius 3 is 2.55 bits per heavy atom. The summed E-state index contributed by atoms with van der Waals surface area (Å²) in [4.78, 5) is 18.0. The van der Waals surface area contributed by atoms with E-state index in [9.17, 15) is 9.90 Å². The first kappa shape index (κ1) is 32.6. The fraction of sp³-hybridized carbons (Fsp3) is 0.833. The Morgan fingerprint density at radius 1 is 1.16 bits per heavy atom. The average Bonchev–Trinajstić information content (AvgIpc) is 3.44. The number of nitrogens with two attached hydrogens (primary N) is 1. The number of nitrogens with zero attached hydrogens (tertiary/aromatic N) is 1. The Bertz CT molecular complexity index is 1300. The predicted molar refractivity (Wildman–Crippen MR) is 173 cm³/mol. The van der Waals surface area contributed by atoms with Crippen LogP contribution in [0.25, 0.3) is 0 Å². The van der Waals surface area contributed by atoms with Gasteiger partial charge >= 0.3 is 5.97 Å². The van der Waals surface area contributed by atoms with Gasteiger partial charge in [0.25, 0.3) is 0 Å². The van der Waals surface area contributed by atoms with Gasteiger partial charge in [-0.2, -0.15) is 0 Å². The first-order valence-corrected chi connectivity index (χ1v) is 17.9. The van der Waals surface area contributed by atoms with E-state index in [2.05, 4.69) is 59.5 Å². The highest BCUT2D eigenvalue weighted by Crippen LogP contribution is 2.75. The molecule has 1 saturated heterocycles. The van der Waals surface area contributed by atoms with Crippen molar-refractivity contribution in [2.75, 3.05) is 20.3 Å². The zero-order chi connectivity index (χ0) is 31.9. The molecule has 8 heteroatoms. The van der Waals surface area contributed by atoms with Gasteiger partial charge < -0.3 is 25.1 Å². The summed E-state index contributed by atoms with van der Waals surface area (Å²) in [6.45, 7) is 18.5. The summed E-state index contributed by atoms with van der Waals surface area (Å²) < 4.78 is 19.6. The van der Waals surface area contributed by atoms with E-state index in [0.717, 1.165) is 49.2 Å². The number of thiazole rings is 1. The molecule has 44 heavy (non-hydrogen) atoms. The third kappa shape index (κ3) is 4.40. The Morgan fingerprint density at radius 2 is 1.91 bits per heavy atom. The fourth-order valence-corrected chi connectivity index (χ4v) is 12.4. The number of carbonyl (C=O) groups is 1. The maximum Gasteiger partial charge on any atom is 0.307 e. The van der Waals surface area contributed by atoms with Crippen LogP contribution in [0.15, 0.2) is 17.0 Å². The van der Waals surface area contributed by atoms with Crippen molar-refractivity contribution in [3.63, 3.8) is 0 Å². The van der Waals surface area contributed by atoms with Crippen molar-refractivity contribution in [2.45, 2.75) is 112 Å². The monoisotopic (exact) mass is 628 g/mol. The lowest BCUT2D eigenvalue weighted by Crippen LogP contribution is -2.70. The van der Waals surface area contributed by atoms with E-state index >= 15 is 0 Å². The van der Waals surface area contributed by atoms with Crippen LogP contribution in [0.5, 0.6) is 0 Å². The number of ether oxygens (including phenoxy) is 3. The van der Waals surface area contributed by atoms with Gasteiger partial charge in [0.2, 0.25) is 0 Å². The van der Waals surface area contributed by atoms with Gasteiger partial charge in [-0.15, -0.1) is 11.3 Å². The second-order valence-electron chi connectivity index (χ2n) is 16.5. The highest BCUT2D eigenvalue weighted by Gasteiger charge is 2.71. The van der Waals surface area contributed by atoms with Crippen LogP contribution in [0.2, 0.25) is 0 Å². The van der Waals surface area contributed by atoms with Crippen LogP contribution < -0.4 is 5.73 Å². The van der Waals surface area contributed by atoms with Gasteiger partial charge in [-0.05, 0) is 78.4 Å². The van der Waals surface area contributed by atoms with E-state index in [1.165, 1.54) is 5.57 Å². The molecule has 2 bridgehead atoms. The van der Waals surface area contributed by atoms with Crippen molar-refractivity contribution < 1.29 is 24.1 Å². The highest BCUT2D eigenvalue weighted by atomic mass is 32.1. The van der Waals surface area contributed by atoms with Gasteiger partial charge in [-0.1, -0.05) is 60.1 Å². The van der Waals surface area contributed by atoms with Crippen LogP contribution in [0.3, 0.4) is 0 Å². The minimum Gasteiger partial charge on any atom is -0.481 e. The van der Waals surface area contributed by atoms with Crippen LogP contribution >= 0.6 is 11.3 Å². The molecule has 0 radical (unpaired) electrons. The molecule has 4 fully saturated rings. The SMILES string of the molecule is CO[C@@H]1C[C@@]23COC[C@](C)([C@@H]2CC[C@H]2C3=CC[C@@]3(C)[C@H](C(=O)O)[C@@](C)([C@H](C)C(C)C)CC[C@]23C)[C@H]1OCc1csc(CN)n1. The van der Waals surface area contributed by atoms with Gasteiger partial charge in [0, 0.05) is 29.9 Å². The average molecular weight is 629 g/mol. The summed E-state index contributed by atoms with van der Waals surface area (Å²) in [6, 6.07) is 0. The molecule has 0 aromatic carbocycles. The Balaban J connectivity index is 1.36. The van der Waals surface area contributed by atoms with Crippen molar-refractivity contribution in [1.29, 1.82) is 0 Å². The van der Waals surface area contributed by atoms with E-state index < -0.39 is 5.97 Å². The summed E-state index contributed by atoms with van der Waals surface area (Å²) >= 11 is 1.59. The van der Waals surface area contributed by atoms with Crippen molar-refractivity contribution in [3.8, 4) is 0 Å². The lowest BCUT2D eigenvalue weighted by Gasteiger charge is -2.71. The maximum absolute atomic E-state index is 13.3. The third-order valence-corrected chi connectivity index (χ3v) is 15.5. The lowest BCUT2D eigenvalue weighted by molar-refractivity contribution is -0.269. The molecule has 3 saturated carbocycles. The minimum absolute atomic E-state index is 0.0539. The van der Waals surface area contributed by atoms with E-state index in [0.29, 0.717) is 50.0 Å². The molecule has 1 aromatic heterocycles. The molecule has 7 nitrogen and oxygen atoms in total. The molecular weight excluding hydrogens is 572 g/mol. The van der Waals surface area contributed by atoms with Crippen molar-refractivity contribution in [1.82, 2.24) is 4.98 Å². The first-order valence-electron chi connectivity index (χ1n) is 17.0. The largest absolute Gasteiger partial charge is 0.481 e. The molecular formula is C36H56N2O5S. The van der Waals surface area contributed by atoms with Crippen LogP contribution in [0.1, 0.15) is 97.7 Å². The van der Waals surface area contributed by atoms with Crippen LogP contribution in [0, 0.1) is 56.7 Å². The summed E-state index contributed by atoms with van der Waals surface area (Å²) in [5.41, 5.74) is 7.33. The lowest BCUT2D eigenvalue weighted by atomic mass is 9.34. The summed E-state index contributed by atoms with van der Waals surface area (Å²) in [7, 11) is 1.83. The minimum atomic E-state index is -0.610. The Hall–Kier alpha value is -1.32. The molecule has 1 aliphatic heterocycles. The normalized spacial score (nSPS) is 45.6. The number of rotatable bonds is 8. The number of methoxy groups -OCH3 is 1. The number of allylic oxidation sites excluding steroid dienone is 1. The number of hydrogen-bond donors (Lipinski definition) is 2. The number of fused-ring (bicyclic) bond motifs is 3. The van der Waals surface area contributed by atoms with E-state index in [1.54, 1.807) is 11.3 Å². The van der Waals surface area contributed by atoms with Crippen LogP contribution in [-0.2, 0) is 32.2 Å². The summed E-state index contributed by atoms with van der Waals surface area (Å²) in [5, 5.41) is 13.9. The van der Waals surface area contributed by atoms with Gasteiger partial charge in [0.1, 0.15) is 5.01 Å². The topological polar surface area (TPSA) is 104 Å². The zero-order valence-corrected chi connectivity index (χ0v) is 29.1. The molecule has 5 aliphatic rings.